The highest BCUT2D eigenvalue weighted by Gasteiger charge is 2.22. The van der Waals surface area contributed by atoms with Crippen molar-refractivity contribution in [2.24, 2.45) is 0 Å². The van der Waals surface area contributed by atoms with Crippen LogP contribution in [0.15, 0.2) is 174 Å². The molecule has 0 bridgehead atoms. The Balaban J connectivity index is 1.59. The molecule has 218 valence electrons. The Morgan fingerprint density at radius 3 is 1.62 bits per heavy atom. The number of hydrogen-bond donors (Lipinski definition) is 0. The lowest BCUT2D eigenvalue weighted by Crippen LogP contribution is -1.92. The second-order valence-electron chi connectivity index (χ2n) is 10.3. The third-order valence-electron chi connectivity index (χ3n) is 7.87. The Morgan fingerprint density at radius 1 is 0.340 bits per heavy atom. The second-order valence-corrected chi connectivity index (χ2v) is 10.3. The number of hydrogen-bond acceptors (Lipinski definition) is 1. The largest absolute Gasteiger partial charge is 0.455 e. The zero-order chi connectivity index (χ0) is 55.3. The highest BCUT2D eigenvalue weighted by Crippen LogP contribution is 2.49. The van der Waals surface area contributed by atoms with Crippen LogP contribution >= 0.6 is 0 Å². The molecular weight excluding hydrogens is 569 g/mol. The molecule has 10 aromatic rings. The summed E-state index contributed by atoms with van der Waals surface area (Å²) in [6, 6.07) is -26.4. The molecule has 0 aliphatic heterocycles. The van der Waals surface area contributed by atoms with Crippen LogP contribution in [0.5, 0.6) is 0 Å². The summed E-state index contributed by atoms with van der Waals surface area (Å²) in [7, 11) is 0. The Labute approximate surface area is 311 Å². The van der Waals surface area contributed by atoms with E-state index < -0.39 is 268 Å². The molecule has 1 heteroatoms. The summed E-state index contributed by atoms with van der Waals surface area (Å²) in [5, 5.41) is -6.66. The minimum absolute atomic E-state index is 0.562. The van der Waals surface area contributed by atoms with E-state index in [0.29, 0.717) is 0 Å². The fourth-order valence-corrected chi connectivity index (χ4v) is 5.97. The van der Waals surface area contributed by atoms with Gasteiger partial charge in [-0.3, -0.25) is 0 Å². The fourth-order valence-electron chi connectivity index (χ4n) is 5.97. The van der Waals surface area contributed by atoms with E-state index in [1.807, 2.05) is 0 Å². The second kappa shape index (κ2) is 10.2. The first-order valence-electron chi connectivity index (χ1n) is 27.9. The summed E-state index contributed by atoms with van der Waals surface area (Å²) in [6.45, 7) is 0. The first kappa shape index (κ1) is 10.7. The molecule has 0 saturated heterocycles. The number of para-hydroxylation sites is 1. The SMILES string of the molecule is [2H]c1c([2H])c([2H])c(-c2c([2H])c([2H])c(-c3c4c([2H])c([2H])c([2H])c([2H])c4c(-c4c([2H])c([2H])c([2H])c5c4c([2H])c([2H])c4c([2H])c([2H])c([2H])c([2H])c45)c4c([2H])c([2H])c([2H])c([2H])c34)c3oc4c([2H])c([2H])c([2H])c([2H])c4c23)c([2H])c1[2H]. The van der Waals surface area contributed by atoms with E-state index in [1.165, 1.54) is 0 Å². The van der Waals surface area contributed by atoms with Crippen molar-refractivity contribution in [3.63, 3.8) is 0 Å². The Morgan fingerprint density at radius 2 is 0.894 bits per heavy atom. The quantitative estimate of drug-likeness (QED) is 0.141. The number of benzene rings is 9. The maximum atomic E-state index is 9.83. The Kier molecular flexibility index (Phi) is 2.31. The van der Waals surface area contributed by atoms with Gasteiger partial charge in [0.1, 0.15) is 11.2 Å². The van der Waals surface area contributed by atoms with Crippen molar-refractivity contribution in [1.29, 1.82) is 0 Å². The van der Waals surface area contributed by atoms with Crippen LogP contribution in [0.1, 0.15) is 38.4 Å². The number of fused-ring (bicyclic) bond motifs is 8. The molecule has 9 aromatic carbocycles. The number of rotatable bonds is 3. The van der Waals surface area contributed by atoms with E-state index in [2.05, 4.69) is 0 Å². The molecule has 0 unspecified atom stereocenters. The van der Waals surface area contributed by atoms with Crippen molar-refractivity contribution in [2.45, 2.75) is 0 Å². The summed E-state index contributed by atoms with van der Waals surface area (Å²) < 4.78 is 259. The van der Waals surface area contributed by atoms with Crippen LogP contribution in [0.3, 0.4) is 0 Å². The minimum Gasteiger partial charge on any atom is -0.455 e. The molecule has 0 saturated carbocycles. The van der Waals surface area contributed by atoms with Crippen LogP contribution < -0.4 is 0 Å². The van der Waals surface area contributed by atoms with E-state index in [0.717, 1.165) is 0 Å². The summed E-state index contributed by atoms with van der Waals surface area (Å²) >= 11 is 0. The minimum atomic E-state index is -1.07. The molecule has 0 aliphatic rings. The highest BCUT2D eigenvalue weighted by atomic mass is 16.3. The molecule has 47 heavy (non-hydrogen) atoms. The normalized spacial score (nSPS) is 20.2. The molecule has 1 heterocycles. The van der Waals surface area contributed by atoms with E-state index in [4.69, 9.17) is 31.8 Å². The summed E-state index contributed by atoms with van der Waals surface area (Å²) in [5.41, 5.74) is -5.93. The molecule has 1 aromatic heterocycles. The molecule has 0 atom stereocenters. The molecule has 0 N–H and O–H groups in total. The van der Waals surface area contributed by atoms with Crippen LogP contribution in [0, 0.1) is 0 Å². The average Bonchev–Trinajstić information content (AvgIpc) is 3.78. The van der Waals surface area contributed by atoms with Crippen molar-refractivity contribution in [3.8, 4) is 33.4 Å². The molecule has 0 amide bonds. The average molecular weight is 625 g/mol. The summed E-state index contributed by atoms with van der Waals surface area (Å²) in [6.07, 6.45) is 0. The first-order valence-corrected chi connectivity index (χ1v) is 13.9. The topological polar surface area (TPSA) is 13.1 Å². The number of furan rings is 1. The van der Waals surface area contributed by atoms with Crippen LogP contribution in [0.4, 0.5) is 0 Å². The molecule has 0 fully saturated rings. The van der Waals surface area contributed by atoms with Crippen molar-refractivity contribution < 1.29 is 42.8 Å². The molecule has 0 spiro atoms. The predicted octanol–water partition coefficient (Wildman–Crippen LogP) is 13.2. The van der Waals surface area contributed by atoms with E-state index in [-0.39, 0.29) is 0 Å². The summed E-state index contributed by atoms with van der Waals surface area (Å²) in [4.78, 5) is 0. The van der Waals surface area contributed by atoms with Crippen molar-refractivity contribution in [3.05, 3.63) is 169 Å². The van der Waals surface area contributed by atoms with Crippen molar-refractivity contribution in [1.82, 2.24) is 0 Å². The molecule has 10 rings (SSSR count). The van der Waals surface area contributed by atoms with Gasteiger partial charge < -0.3 is 4.42 Å². The monoisotopic (exact) mass is 624 g/mol. The van der Waals surface area contributed by atoms with Gasteiger partial charge in [-0.1, -0.05) is 157 Å². The summed E-state index contributed by atoms with van der Waals surface area (Å²) in [5.74, 6) is 0. The van der Waals surface area contributed by atoms with Gasteiger partial charge in [-0.05, 0) is 77.4 Å². The first-order chi connectivity index (χ1) is 35.0. The Bertz CT molecular complexity index is 4330. The van der Waals surface area contributed by atoms with Gasteiger partial charge in [0.15, 0.2) is 0 Å². The third-order valence-corrected chi connectivity index (χ3v) is 7.87. The van der Waals surface area contributed by atoms with Crippen LogP contribution in [0.2, 0.25) is 0 Å². The van der Waals surface area contributed by atoms with Gasteiger partial charge in [-0.2, -0.15) is 0 Å². The van der Waals surface area contributed by atoms with Crippen LogP contribution in [-0.4, -0.2) is 0 Å². The predicted molar refractivity (Wildman–Crippen MR) is 200 cm³/mol. The van der Waals surface area contributed by atoms with Crippen LogP contribution in [0.25, 0.3) is 98.4 Å². The van der Waals surface area contributed by atoms with Gasteiger partial charge in [0.2, 0.25) is 0 Å². The maximum Gasteiger partial charge on any atom is 0.143 e. The Hall–Kier alpha value is -6.18. The van der Waals surface area contributed by atoms with Gasteiger partial charge in [0.05, 0.1) is 38.4 Å². The lowest BCUT2D eigenvalue weighted by atomic mass is 9.83. The van der Waals surface area contributed by atoms with Gasteiger partial charge in [0.25, 0.3) is 0 Å². The maximum absolute atomic E-state index is 9.83. The molecule has 1 nitrogen and oxygen atoms in total. The van der Waals surface area contributed by atoms with Crippen molar-refractivity contribution in [2.75, 3.05) is 0 Å². The van der Waals surface area contributed by atoms with E-state index in [1.54, 1.807) is 0 Å². The van der Waals surface area contributed by atoms with Crippen molar-refractivity contribution >= 4 is 65.0 Å². The molecule has 0 aliphatic carbocycles. The highest BCUT2D eigenvalue weighted by molar-refractivity contribution is 6.27. The molecular formula is C46H28O. The van der Waals surface area contributed by atoms with E-state index in [9.17, 15) is 11.0 Å². The lowest BCUT2D eigenvalue weighted by molar-refractivity contribution is 0.670. The van der Waals surface area contributed by atoms with Gasteiger partial charge in [0, 0.05) is 21.9 Å². The smallest absolute Gasteiger partial charge is 0.143 e. The van der Waals surface area contributed by atoms with Gasteiger partial charge in [-0.15, -0.1) is 0 Å². The van der Waals surface area contributed by atoms with Crippen LogP contribution in [-0.2, 0) is 0 Å². The standard InChI is InChI=1S/C46H28O/c1-2-13-29(14-3-1)32-27-28-41(46-45(32)40-21-10-11-24-42(40)47-46)44-38-19-8-6-17-36(38)43(37-18-7-9-20-39(37)44)35-23-12-22-33-31-16-5-4-15-30(31)25-26-34(33)35/h1-28H/i1D,2D,3D,4D,5D,6D,7D,8D,9D,10D,11D,12D,13D,14D,15D,16D,17D,18D,19D,20D,21D,22D,23D,24D,25D,26D,27D,28D. The van der Waals surface area contributed by atoms with E-state index >= 15 is 0 Å². The zero-order valence-electron chi connectivity index (χ0n) is 51.4. The lowest BCUT2D eigenvalue weighted by Gasteiger charge is -2.19. The fraction of sp³-hybridized carbons (Fsp3) is 0. The molecule has 0 radical (unpaired) electrons. The van der Waals surface area contributed by atoms with Gasteiger partial charge >= 0.3 is 0 Å². The third kappa shape index (κ3) is 3.84. The van der Waals surface area contributed by atoms with Gasteiger partial charge in [-0.25, -0.2) is 0 Å². The zero-order valence-corrected chi connectivity index (χ0v) is 23.4.